The molecule has 0 spiro atoms. The molecule has 1 aliphatic rings. The highest BCUT2D eigenvalue weighted by atomic mass is 35.5. The van der Waals surface area contributed by atoms with Crippen molar-refractivity contribution in [2.45, 2.75) is 78.0 Å². The van der Waals surface area contributed by atoms with Gasteiger partial charge in [0.15, 0.2) is 6.29 Å². The molecule has 0 aliphatic carbocycles. The minimum absolute atomic E-state index is 0.0804. The third kappa shape index (κ3) is 8.65. The molecular weight excluding hydrogens is 471 g/mol. The molecule has 0 saturated carbocycles. The zero-order valence-electron chi connectivity index (χ0n) is 20.4. The van der Waals surface area contributed by atoms with Crippen molar-refractivity contribution in [1.29, 1.82) is 0 Å². The Morgan fingerprint density at radius 1 is 1.32 bits per heavy atom. The number of halogens is 2. The second-order valence-corrected chi connectivity index (χ2v) is 11.1. The van der Waals surface area contributed by atoms with Crippen LogP contribution in [0.2, 0.25) is 5.02 Å². The van der Waals surface area contributed by atoms with Crippen LogP contribution in [0.5, 0.6) is 0 Å². The Morgan fingerprint density at radius 2 is 1.97 bits per heavy atom. The lowest BCUT2D eigenvalue weighted by Gasteiger charge is -2.42. The number of nitro groups is 1. The number of hydrogen-bond acceptors (Lipinski definition) is 7. The SMILES string of the molecule is CC(C)(C)COC1CN(C(=O)OC(C)(C)C)C(C(O)C(Cc2cc(F)cc(Cl)c2)[N+](=O)[O-])CO1. The van der Waals surface area contributed by atoms with Crippen molar-refractivity contribution >= 4 is 17.7 Å². The number of nitrogens with zero attached hydrogens (tertiary/aromatic N) is 2. The Kier molecular flexibility index (Phi) is 9.26. The van der Waals surface area contributed by atoms with Crippen molar-refractivity contribution in [1.82, 2.24) is 4.90 Å². The Balaban J connectivity index is 2.27. The van der Waals surface area contributed by atoms with Crippen LogP contribution in [-0.2, 0) is 20.6 Å². The maximum atomic E-state index is 13.7. The Bertz CT molecular complexity index is 852. The van der Waals surface area contributed by atoms with Crippen LogP contribution in [0.15, 0.2) is 18.2 Å². The molecule has 1 N–H and O–H groups in total. The fourth-order valence-electron chi connectivity index (χ4n) is 3.45. The van der Waals surface area contributed by atoms with E-state index in [1.807, 2.05) is 20.8 Å². The van der Waals surface area contributed by atoms with Gasteiger partial charge in [0.25, 0.3) is 0 Å². The number of morpholine rings is 1. The van der Waals surface area contributed by atoms with Gasteiger partial charge < -0.3 is 19.3 Å². The van der Waals surface area contributed by atoms with Crippen LogP contribution in [-0.4, -0.2) is 70.9 Å². The van der Waals surface area contributed by atoms with E-state index in [1.54, 1.807) is 20.8 Å². The van der Waals surface area contributed by atoms with Gasteiger partial charge in [0.2, 0.25) is 6.04 Å². The smallest absolute Gasteiger partial charge is 0.410 e. The third-order valence-electron chi connectivity index (χ3n) is 4.96. The summed E-state index contributed by atoms with van der Waals surface area (Å²) in [6.45, 7) is 11.1. The van der Waals surface area contributed by atoms with E-state index in [0.29, 0.717) is 6.61 Å². The minimum atomic E-state index is -1.63. The molecular formula is C23H34ClFN2O7. The molecule has 4 atom stereocenters. The highest BCUT2D eigenvalue weighted by Crippen LogP contribution is 2.25. The number of ether oxygens (including phenoxy) is 3. The van der Waals surface area contributed by atoms with E-state index >= 15 is 0 Å². The lowest BCUT2D eigenvalue weighted by Crippen LogP contribution is -2.61. The zero-order valence-corrected chi connectivity index (χ0v) is 21.2. The van der Waals surface area contributed by atoms with E-state index in [9.17, 15) is 24.4 Å². The number of aliphatic hydroxyl groups is 1. The summed E-state index contributed by atoms with van der Waals surface area (Å²) in [5, 5.41) is 23.0. The standard InChI is InChI=1S/C23H34ClFN2O7/c1-22(2,3)13-33-19-11-26(21(29)34-23(4,5)6)18(12-32-19)20(28)17(27(30)31)9-14-7-15(24)10-16(25)8-14/h7-8,10,17-20,28H,9,11-13H2,1-6H3. The first kappa shape index (κ1) is 28.2. The molecule has 192 valence electrons. The Labute approximate surface area is 204 Å². The topological polar surface area (TPSA) is 111 Å². The van der Waals surface area contributed by atoms with E-state index < -0.39 is 46.9 Å². The average molecular weight is 505 g/mol. The first-order valence-electron chi connectivity index (χ1n) is 11.0. The Hall–Kier alpha value is -2.01. The molecule has 1 saturated heterocycles. The van der Waals surface area contributed by atoms with Crippen LogP contribution in [0.1, 0.15) is 47.1 Å². The van der Waals surface area contributed by atoms with E-state index in [1.165, 1.54) is 11.0 Å². The molecule has 11 heteroatoms. The number of rotatable bonds is 7. The third-order valence-corrected chi connectivity index (χ3v) is 5.17. The van der Waals surface area contributed by atoms with Crippen LogP contribution in [0.3, 0.4) is 0 Å². The maximum absolute atomic E-state index is 13.7. The number of aliphatic hydroxyl groups excluding tert-OH is 1. The molecule has 9 nitrogen and oxygen atoms in total. The van der Waals surface area contributed by atoms with Gasteiger partial charge in [-0.3, -0.25) is 15.0 Å². The summed E-state index contributed by atoms with van der Waals surface area (Å²) in [5.74, 6) is -0.644. The summed E-state index contributed by atoms with van der Waals surface area (Å²) in [7, 11) is 0. The molecule has 2 rings (SSSR count). The van der Waals surface area contributed by atoms with Crippen LogP contribution in [0, 0.1) is 21.3 Å². The number of amides is 1. The molecule has 1 aromatic rings. The van der Waals surface area contributed by atoms with Gasteiger partial charge in [-0.2, -0.15) is 0 Å². The van der Waals surface area contributed by atoms with Gasteiger partial charge in [0, 0.05) is 16.4 Å². The van der Waals surface area contributed by atoms with E-state index in [-0.39, 0.29) is 35.6 Å². The molecule has 0 bridgehead atoms. The highest BCUT2D eigenvalue weighted by Gasteiger charge is 2.45. The summed E-state index contributed by atoms with van der Waals surface area (Å²) in [4.78, 5) is 25.4. The quantitative estimate of drug-likeness (QED) is 0.440. The lowest BCUT2D eigenvalue weighted by molar-refractivity contribution is -0.536. The van der Waals surface area contributed by atoms with Gasteiger partial charge in [0.05, 0.1) is 25.8 Å². The average Bonchev–Trinajstić information content (AvgIpc) is 2.67. The van der Waals surface area contributed by atoms with Crippen LogP contribution < -0.4 is 0 Å². The van der Waals surface area contributed by atoms with Crippen molar-refractivity contribution < 1.29 is 33.4 Å². The van der Waals surface area contributed by atoms with Gasteiger partial charge in [-0.15, -0.1) is 0 Å². The molecule has 0 radical (unpaired) electrons. The summed E-state index contributed by atoms with van der Waals surface area (Å²) in [5.41, 5.74) is -0.731. The molecule has 1 aliphatic heterocycles. The van der Waals surface area contributed by atoms with Gasteiger partial charge in [0.1, 0.15) is 17.5 Å². The number of carbonyl (C=O) groups excluding carboxylic acids is 1. The molecule has 4 unspecified atom stereocenters. The minimum Gasteiger partial charge on any atom is -0.444 e. The van der Waals surface area contributed by atoms with Crippen molar-refractivity contribution in [2.75, 3.05) is 19.8 Å². The van der Waals surface area contributed by atoms with Crippen molar-refractivity contribution in [3.63, 3.8) is 0 Å². The van der Waals surface area contributed by atoms with Gasteiger partial charge >= 0.3 is 6.09 Å². The van der Waals surface area contributed by atoms with Gasteiger partial charge in [-0.25, -0.2) is 9.18 Å². The first-order chi connectivity index (χ1) is 15.6. The summed E-state index contributed by atoms with van der Waals surface area (Å²) in [6, 6.07) is 0.966. The van der Waals surface area contributed by atoms with E-state index in [4.69, 9.17) is 25.8 Å². The molecule has 1 aromatic carbocycles. The predicted octanol–water partition coefficient (Wildman–Crippen LogP) is 4.05. The van der Waals surface area contributed by atoms with E-state index in [2.05, 4.69) is 0 Å². The van der Waals surface area contributed by atoms with Gasteiger partial charge in [-0.1, -0.05) is 32.4 Å². The van der Waals surface area contributed by atoms with Crippen LogP contribution in [0.25, 0.3) is 0 Å². The van der Waals surface area contributed by atoms with Crippen LogP contribution >= 0.6 is 11.6 Å². The fraction of sp³-hybridized carbons (Fsp3) is 0.696. The van der Waals surface area contributed by atoms with Gasteiger partial charge in [-0.05, 0) is 49.9 Å². The van der Waals surface area contributed by atoms with Crippen molar-refractivity contribution in [2.24, 2.45) is 5.41 Å². The molecule has 34 heavy (non-hydrogen) atoms. The predicted molar refractivity (Wildman–Crippen MR) is 124 cm³/mol. The largest absolute Gasteiger partial charge is 0.444 e. The normalized spacial score (nSPS) is 21.1. The summed E-state index contributed by atoms with van der Waals surface area (Å²) >= 11 is 5.87. The summed E-state index contributed by atoms with van der Waals surface area (Å²) < 4.78 is 30.7. The highest BCUT2D eigenvalue weighted by molar-refractivity contribution is 6.30. The Morgan fingerprint density at radius 3 is 2.50 bits per heavy atom. The number of benzene rings is 1. The first-order valence-corrected chi connectivity index (χ1v) is 11.4. The summed E-state index contributed by atoms with van der Waals surface area (Å²) in [6.07, 6.45) is -3.46. The number of carbonyl (C=O) groups is 1. The molecule has 1 heterocycles. The second kappa shape index (κ2) is 11.2. The zero-order chi connectivity index (χ0) is 25.8. The molecule has 1 fully saturated rings. The van der Waals surface area contributed by atoms with E-state index in [0.717, 1.165) is 12.1 Å². The number of hydrogen-bond donors (Lipinski definition) is 1. The van der Waals surface area contributed by atoms with Crippen molar-refractivity contribution in [3.05, 3.63) is 44.7 Å². The second-order valence-electron chi connectivity index (χ2n) is 10.7. The fourth-order valence-corrected chi connectivity index (χ4v) is 3.69. The molecule has 1 amide bonds. The van der Waals surface area contributed by atoms with Crippen molar-refractivity contribution in [3.8, 4) is 0 Å². The lowest BCUT2D eigenvalue weighted by atomic mass is 9.95. The monoisotopic (exact) mass is 504 g/mol. The maximum Gasteiger partial charge on any atom is 0.410 e. The van der Waals surface area contributed by atoms with Crippen LogP contribution in [0.4, 0.5) is 9.18 Å². The molecule has 0 aromatic heterocycles.